The molecule has 9 heteroatoms. The lowest BCUT2D eigenvalue weighted by molar-refractivity contribution is -0.137. The molecule has 0 saturated heterocycles. The standard InChI is InChI=1S/C16H9F4N5/c17-11-4-1-9(2-5-11)14-12(7-21)15(22)25(24-14)13-6-3-10(8-23-13)16(18,19)20/h1-6,8H,22H2. The molecule has 0 aliphatic carbocycles. The van der Waals surface area contributed by atoms with E-state index in [4.69, 9.17) is 5.73 Å². The number of alkyl halides is 3. The summed E-state index contributed by atoms with van der Waals surface area (Å²) in [6.45, 7) is 0. The van der Waals surface area contributed by atoms with Crippen LogP contribution < -0.4 is 5.73 Å². The van der Waals surface area contributed by atoms with Crippen LogP contribution in [0.2, 0.25) is 0 Å². The van der Waals surface area contributed by atoms with Crippen LogP contribution in [0.5, 0.6) is 0 Å². The first-order valence-corrected chi connectivity index (χ1v) is 6.89. The SMILES string of the molecule is N#Cc1c(-c2ccc(F)cc2)nn(-c2ccc(C(F)(F)F)cn2)c1N. The maximum Gasteiger partial charge on any atom is 0.417 e. The van der Waals surface area contributed by atoms with Crippen LogP contribution in [0.3, 0.4) is 0 Å². The molecule has 0 aliphatic rings. The minimum Gasteiger partial charge on any atom is -0.382 e. The van der Waals surface area contributed by atoms with Crippen LogP contribution in [0, 0.1) is 17.1 Å². The predicted octanol–water partition coefficient (Wildman–Crippen LogP) is 3.55. The fourth-order valence-corrected chi connectivity index (χ4v) is 2.20. The number of benzene rings is 1. The minimum absolute atomic E-state index is 0.0216. The number of nitriles is 1. The van der Waals surface area contributed by atoms with E-state index in [1.807, 2.05) is 6.07 Å². The van der Waals surface area contributed by atoms with Crippen LogP contribution in [-0.2, 0) is 6.18 Å². The molecule has 2 aromatic heterocycles. The number of aromatic nitrogens is 3. The van der Waals surface area contributed by atoms with Crippen LogP contribution in [-0.4, -0.2) is 14.8 Å². The van der Waals surface area contributed by atoms with Gasteiger partial charge in [0.25, 0.3) is 0 Å². The smallest absolute Gasteiger partial charge is 0.382 e. The third-order valence-corrected chi connectivity index (χ3v) is 3.44. The third kappa shape index (κ3) is 3.01. The normalized spacial score (nSPS) is 11.3. The number of halogens is 4. The average molecular weight is 347 g/mol. The van der Waals surface area contributed by atoms with E-state index in [1.165, 1.54) is 24.3 Å². The Hall–Kier alpha value is -3.41. The molecule has 0 bridgehead atoms. The quantitative estimate of drug-likeness (QED) is 0.719. The summed E-state index contributed by atoms with van der Waals surface area (Å²) in [5, 5.41) is 13.4. The molecule has 0 amide bonds. The molecule has 1 aromatic carbocycles. The first-order valence-electron chi connectivity index (χ1n) is 6.89. The van der Waals surface area contributed by atoms with E-state index in [1.54, 1.807) is 0 Å². The van der Waals surface area contributed by atoms with Crippen LogP contribution in [0.25, 0.3) is 17.1 Å². The maximum atomic E-state index is 13.1. The number of nitrogen functional groups attached to an aromatic ring is 1. The van der Waals surface area contributed by atoms with Crippen molar-refractivity contribution in [3.8, 4) is 23.1 Å². The lowest BCUT2D eigenvalue weighted by atomic mass is 10.1. The Morgan fingerprint density at radius 3 is 2.28 bits per heavy atom. The van der Waals surface area contributed by atoms with Gasteiger partial charge in [0, 0.05) is 11.8 Å². The summed E-state index contributed by atoms with van der Waals surface area (Å²) < 4.78 is 52.0. The summed E-state index contributed by atoms with van der Waals surface area (Å²) in [5.74, 6) is -0.511. The van der Waals surface area contributed by atoms with E-state index < -0.39 is 17.6 Å². The van der Waals surface area contributed by atoms with Gasteiger partial charge in [-0.3, -0.25) is 0 Å². The number of hydrogen-bond donors (Lipinski definition) is 1. The number of rotatable bonds is 2. The lowest BCUT2D eigenvalue weighted by Crippen LogP contribution is -2.08. The molecule has 3 rings (SSSR count). The second kappa shape index (κ2) is 5.90. The van der Waals surface area contributed by atoms with E-state index in [-0.39, 0.29) is 22.9 Å². The van der Waals surface area contributed by atoms with Crippen molar-refractivity contribution >= 4 is 5.82 Å². The first kappa shape index (κ1) is 16.4. The zero-order valence-electron chi connectivity index (χ0n) is 12.4. The number of nitrogens with zero attached hydrogens (tertiary/aromatic N) is 4. The van der Waals surface area contributed by atoms with Crippen molar-refractivity contribution < 1.29 is 17.6 Å². The Kier molecular flexibility index (Phi) is 3.88. The molecule has 0 spiro atoms. The molecule has 3 aromatic rings. The molecule has 126 valence electrons. The summed E-state index contributed by atoms with van der Waals surface area (Å²) >= 11 is 0. The fraction of sp³-hybridized carbons (Fsp3) is 0.0625. The molecule has 25 heavy (non-hydrogen) atoms. The van der Waals surface area contributed by atoms with Gasteiger partial charge in [-0.15, -0.1) is 0 Å². The maximum absolute atomic E-state index is 13.1. The van der Waals surface area contributed by atoms with Crippen molar-refractivity contribution in [3.63, 3.8) is 0 Å². The molecule has 0 saturated carbocycles. The van der Waals surface area contributed by atoms with Crippen LogP contribution in [0.15, 0.2) is 42.6 Å². The highest BCUT2D eigenvalue weighted by Crippen LogP contribution is 2.31. The van der Waals surface area contributed by atoms with Crippen molar-refractivity contribution in [1.29, 1.82) is 5.26 Å². The molecule has 0 unspecified atom stereocenters. The van der Waals surface area contributed by atoms with Crippen LogP contribution in [0.4, 0.5) is 23.4 Å². The summed E-state index contributed by atoms with van der Waals surface area (Å²) in [7, 11) is 0. The topological polar surface area (TPSA) is 80.5 Å². The monoisotopic (exact) mass is 347 g/mol. The minimum atomic E-state index is -4.52. The van der Waals surface area contributed by atoms with Gasteiger partial charge in [-0.25, -0.2) is 9.37 Å². The average Bonchev–Trinajstić information content (AvgIpc) is 2.91. The number of hydrogen-bond acceptors (Lipinski definition) is 4. The van der Waals surface area contributed by atoms with E-state index in [2.05, 4.69) is 10.1 Å². The van der Waals surface area contributed by atoms with Gasteiger partial charge in [0.05, 0.1) is 5.56 Å². The number of anilines is 1. The van der Waals surface area contributed by atoms with Gasteiger partial charge in [0.2, 0.25) is 0 Å². The largest absolute Gasteiger partial charge is 0.417 e. The molecule has 2 heterocycles. The number of pyridine rings is 1. The Morgan fingerprint density at radius 2 is 1.76 bits per heavy atom. The summed E-state index contributed by atoms with van der Waals surface area (Å²) in [4.78, 5) is 3.70. The fourth-order valence-electron chi connectivity index (χ4n) is 2.20. The van der Waals surface area contributed by atoms with Gasteiger partial charge in [0.1, 0.15) is 29.0 Å². The van der Waals surface area contributed by atoms with Crippen molar-refractivity contribution in [3.05, 3.63) is 59.5 Å². The number of nitrogens with two attached hydrogens (primary N) is 1. The van der Waals surface area contributed by atoms with E-state index in [9.17, 15) is 22.8 Å². The Labute approximate surface area is 138 Å². The van der Waals surface area contributed by atoms with E-state index in [0.717, 1.165) is 16.8 Å². The predicted molar refractivity (Wildman–Crippen MR) is 80.9 cm³/mol. The molecule has 5 nitrogen and oxygen atoms in total. The van der Waals surface area contributed by atoms with Gasteiger partial charge < -0.3 is 5.73 Å². The highest BCUT2D eigenvalue weighted by molar-refractivity contribution is 5.73. The van der Waals surface area contributed by atoms with Gasteiger partial charge in [-0.2, -0.15) is 28.2 Å². The highest BCUT2D eigenvalue weighted by Gasteiger charge is 2.31. The highest BCUT2D eigenvalue weighted by atomic mass is 19.4. The molecule has 0 aliphatic heterocycles. The van der Waals surface area contributed by atoms with Crippen molar-refractivity contribution in [2.24, 2.45) is 0 Å². The Morgan fingerprint density at radius 1 is 1.08 bits per heavy atom. The zero-order chi connectivity index (χ0) is 18.2. The molecule has 2 N–H and O–H groups in total. The zero-order valence-corrected chi connectivity index (χ0v) is 12.4. The van der Waals surface area contributed by atoms with Crippen molar-refractivity contribution in [2.75, 3.05) is 5.73 Å². The first-order chi connectivity index (χ1) is 11.8. The van der Waals surface area contributed by atoms with Crippen molar-refractivity contribution in [1.82, 2.24) is 14.8 Å². The van der Waals surface area contributed by atoms with Gasteiger partial charge in [0.15, 0.2) is 5.82 Å². The van der Waals surface area contributed by atoms with E-state index in [0.29, 0.717) is 11.8 Å². The second-order valence-electron chi connectivity index (χ2n) is 5.04. The van der Waals surface area contributed by atoms with E-state index >= 15 is 0 Å². The van der Waals surface area contributed by atoms with Crippen molar-refractivity contribution in [2.45, 2.75) is 6.18 Å². The summed E-state index contributed by atoms with van der Waals surface area (Å²) in [6, 6.07) is 9.06. The Balaban J connectivity index is 2.09. The Bertz CT molecular complexity index is 950. The second-order valence-corrected chi connectivity index (χ2v) is 5.04. The van der Waals surface area contributed by atoms with Crippen LogP contribution >= 0.6 is 0 Å². The molecule has 0 fully saturated rings. The lowest BCUT2D eigenvalue weighted by Gasteiger charge is -2.07. The summed E-state index contributed by atoms with van der Waals surface area (Å²) in [5.41, 5.74) is 5.61. The summed E-state index contributed by atoms with van der Waals surface area (Å²) in [6.07, 6.45) is -3.86. The molecular weight excluding hydrogens is 338 g/mol. The molecule has 0 atom stereocenters. The van der Waals surface area contributed by atoms with Crippen LogP contribution in [0.1, 0.15) is 11.1 Å². The van der Waals surface area contributed by atoms with Gasteiger partial charge in [-0.05, 0) is 36.4 Å². The van der Waals surface area contributed by atoms with Gasteiger partial charge in [-0.1, -0.05) is 0 Å². The third-order valence-electron chi connectivity index (χ3n) is 3.44. The molecular formula is C16H9F4N5. The van der Waals surface area contributed by atoms with Gasteiger partial charge >= 0.3 is 6.18 Å². The molecule has 0 radical (unpaired) electrons.